The van der Waals surface area contributed by atoms with E-state index < -0.39 is 6.10 Å². The molecule has 0 radical (unpaired) electrons. The summed E-state index contributed by atoms with van der Waals surface area (Å²) in [7, 11) is 0. The van der Waals surface area contributed by atoms with Crippen LogP contribution in [-0.4, -0.2) is 11.2 Å². The van der Waals surface area contributed by atoms with E-state index in [1.807, 2.05) is 6.07 Å². The van der Waals surface area contributed by atoms with Crippen molar-refractivity contribution in [2.24, 2.45) is 5.92 Å². The predicted molar refractivity (Wildman–Crippen MR) is 78.1 cm³/mol. The van der Waals surface area contributed by atoms with E-state index in [-0.39, 0.29) is 11.7 Å². The summed E-state index contributed by atoms with van der Waals surface area (Å²) < 4.78 is 13.2. The lowest BCUT2D eigenvalue weighted by atomic mass is 9.79. The SMILES string of the molecule is OC(Cc1cccc(F)c1)C1CCc2ccccc2C1. The fourth-order valence-corrected chi connectivity index (χ4v) is 3.13. The molecule has 1 aliphatic rings. The van der Waals surface area contributed by atoms with Gasteiger partial charge in [-0.15, -0.1) is 0 Å². The highest BCUT2D eigenvalue weighted by molar-refractivity contribution is 5.30. The predicted octanol–water partition coefficient (Wildman–Crippen LogP) is 3.53. The summed E-state index contributed by atoms with van der Waals surface area (Å²) in [5.41, 5.74) is 3.63. The molecule has 0 amide bonds. The Bertz CT molecular complexity index is 593. The summed E-state index contributed by atoms with van der Waals surface area (Å²) in [6.45, 7) is 0. The first-order valence-corrected chi connectivity index (χ1v) is 7.21. The van der Waals surface area contributed by atoms with Crippen molar-refractivity contribution in [3.8, 4) is 0 Å². The van der Waals surface area contributed by atoms with E-state index in [1.54, 1.807) is 6.07 Å². The highest BCUT2D eigenvalue weighted by Crippen LogP contribution is 2.28. The smallest absolute Gasteiger partial charge is 0.123 e. The molecule has 2 aromatic carbocycles. The number of hydrogen-bond acceptors (Lipinski definition) is 1. The van der Waals surface area contributed by atoms with Crippen LogP contribution in [0.5, 0.6) is 0 Å². The molecule has 3 rings (SSSR count). The van der Waals surface area contributed by atoms with Crippen molar-refractivity contribution < 1.29 is 9.50 Å². The monoisotopic (exact) mass is 270 g/mol. The first kappa shape index (κ1) is 13.3. The average molecular weight is 270 g/mol. The molecule has 0 aromatic heterocycles. The molecular formula is C18H19FO. The molecule has 20 heavy (non-hydrogen) atoms. The third kappa shape index (κ3) is 2.91. The maximum Gasteiger partial charge on any atom is 0.123 e. The number of aryl methyl sites for hydroxylation is 1. The van der Waals surface area contributed by atoms with Crippen LogP contribution < -0.4 is 0 Å². The summed E-state index contributed by atoms with van der Waals surface area (Å²) in [4.78, 5) is 0. The molecule has 0 saturated carbocycles. The maximum atomic E-state index is 13.2. The Morgan fingerprint density at radius 3 is 2.70 bits per heavy atom. The molecule has 0 aliphatic heterocycles. The van der Waals surface area contributed by atoms with E-state index in [2.05, 4.69) is 24.3 Å². The van der Waals surface area contributed by atoms with Gasteiger partial charge in [0.2, 0.25) is 0 Å². The second kappa shape index (κ2) is 5.76. The van der Waals surface area contributed by atoms with Crippen molar-refractivity contribution in [2.75, 3.05) is 0 Å². The third-order valence-electron chi connectivity index (χ3n) is 4.26. The molecule has 0 heterocycles. The van der Waals surface area contributed by atoms with Gasteiger partial charge in [-0.05, 0) is 60.4 Å². The molecule has 1 aliphatic carbocycles. The third-order valence-corrected chi connectivity index (χ3v) is 4.26. The van der Waals surface area contributed by atoms with Gasteiger partial charge in [-0.2, -0.15) is 0 Å². The first-order chi connectivity index (χ1) is 9.72. The fraction of sp³-hybridized carbons (Fsp3) is 0.333. The molecule has 0 bridgehead atoms. The van der Waals surface area contributed by atoms with Gasteiger partial charge in [-0.1, -0.05) is 36.4 Å². The number of benzene rings is 2. The van der Waals surface area contributed by atoms with Gasteiger partial charge in [-0.25, -0.2) is 4.39 Å². The number of hydrogen-bond donors (Lipinski definition) is 1. The zero-order chi connectivity index (χ0) is 13.9. The lowest BCUT2D eigenvalue weighted by Crippen LogP contribution is -2.28. The Balaban J connectivity index is 1.68. The highest BCUT2D eigenvalue weighted by Gasteiger charge is 2.24. The molecule has 2 heteroatoms. The Hall–Kier alpha value is -1.67. The molecular weight excluding hydrogens is 251 g/mol. The van der Waals surface area contributed by atoms with E-state index in [0.717, 1.165) is 24.8 Å². The summed E-state index contributed by atoms with van der Waals surface area (Å²) in [6, 6.07) is 15.0. The minimum atomic E-state index is -0.398. The summed E-state index contributed by atoms with van der Waals surface area (Å²) in [5.74, 6) is 0.0388. The van der Waals surface area contributed by atoms with Crippen LogP contribution >= 0.6 is 0 Å². The lowest BCUT2D eigenvalue weighted by molar-refractivity contribution is 0.0992. The molecule has 2 aromatic rings. The summed E-state index contributed by atoms with van der Waals surface area (Å²) in [5, 5.41) is 10.4. The average Bonchev–Trinajstić information content (AvgIpc) is 2.47. The second-order valence-corrected chi connectivity index (χ2v) is 5.67. The molecule has 1 N–H and O–H groups in total. The van der Waals surface area contributed by atoms with Gasteiger partial charge in [0.1, 0.15) is 5.82 Å². The minimum Gasteiger partial charge on any atom is -0.392 e. The van der Waals surface area contributed by atoms with Crippen molar-refractivity contribution in [3.05, 3.63) is 71.0 Å². The van der Waals surface area contributed by atoms with E-state index in [0.29, 0.717) is 6.42 Å². The van der Waals surface area contributed by atoms with Crippen LogP contribution in [0.25, 0.3) is 0 Å². The van der Waals surface area contributed by atoms with Crippen LogP contribution in [-0.2, 0) is 19.3 Å². The van der Waals surface area contributed by atoms with Crippen LogP contribution in [0.4, 0.5) is 4.39 Å². The Morgan fingerprint density at radius 1 is 1.10 bits per heavy atom. The Kier molecular flexibility index (Phi) is 3.83. The number of halogens is 1. The second-order valence-electron chi connectivity index (χ2n) is 5.67. The van der Waals surface area contributed by atoms with Crippen LogP contribution in [0.3, 0.4) is 0 Å². The van der Waals surface area contributed by atoms with Crippen LogP contribution in [0.1, 0.15) is 23.1 Å². The normalized spacial score (nSPS) is 19.4. The van der Waals surface area contributed by atoms with Gasteiger partial charge in [0.15, 0.2) is 0 Å². The zero-order valence-corrected chi connectivity index (χ0v) is 11.4. The van der Waals surface area contributed by atoms with E-state index in [9.17, 15) is 9.50 Å². The largest absolute Gasteiger partial charge is 0.392 e. The molecule has 1 nitrogen and oxygen atoms in total. The first-order valence-electron chi connectivity index (χ1n) is 7.21. The molecule has 0 saturated heterocycles. The Morgan fingerprint density at radius 2 is 1.90 bits per heavy atom. The van der Waals surface area contributed by atoms with Crippen molar-refractivity contribution in [1.29, 1.82) is 0 Å². The molecule has 0 spiro atoms. The van der Waals surface area contributed by atoms with E-state index >= 15 is 0 Å². The number of aliphatic hydroxyl groups excluding tert-OH is 1. The lowest BCUT2D eigenvalue weighted by Gasteiger charge is -2.28. The van der Waals surface area contributed by atoms with Crippen molar-refractivity contribution >= 4 is 0 Å². The number of aliphatic hydroxyl groups is 1. The number of fused-ring (bicyclic) bond motifs is 1. The zero-order valence-electron chi connectivity index (χ0n) is 11.4. The maximum absolute atomic E-state index is 13.2. The standard InChI is InChI=1S/C18H19FO/c19-17-7-3-4-13(10-17)11-18(20)16-9-8-14-5-1-2-6-15(14)12-16/h1-7,10,16,18,20H,8-9,11-12H2. The molecule has 2 atom stereocenters. The topological polar surface area (TPSA) is 20.2 Å². The van der Waals surface area contributed by atoms with E-state index in [1.165, 1.54) is 23.3 Å². The van der Waals surface area contributed by atoms with Gasteiger partial charge in [0.25, 0.3) is 0 Å². The fourth-order valence-electron chi connectivity index (χ4n) is 3.13. The van der Waals surface area contributed by atoms with Crippen molar-refractivity contribution in [3.63, 3.8) is 0 Å². The number of rotatable bonds is 3. The van der Waals surface area contributed by atoms with Crippen LogP contribution in [0, 0.1) is 11.7 Å². The Labute approximate surface area is 119 Å². The van der Waals surface area contributed by atoms with Crippen molar-refractivity contribution in [2.45, 2.75) is 31.8 Å². The summed E-state index contributed by atoms with van der Waals surface area (Å²) in [6.07, 6.45) is 3.09. The van der Waals surface area contributed by atoms with Gasteiger partial charge >= 0.3 is 0 Å². The summed E-state index contributed by atoms with van der Waals surface area (Å²) >= 11 is 0. The van der Waals surface area contributed by atoms with Crippen LogP contribution in [0.2, 0.25) is 0 Å². The van der Waals surface area contributed by atoms with Gasteiger partial charge in [-0.3, -0.25) is 0 Å². The molecule has 2 unspecified atom stereocenters. The quantitative estimate of drug-likeness (QED) is 0.904. The van der Waals surface area contributed by atoms with Gasteiger partial charge < -0.3 is 5.11 Å². The molecule has 104 valence electrons. The highest BCUT2D eigenvalue weighted by atomic mass is 19.1. The van der Waals surface area contributed by atoms with Gasteiger partial charge in [0.05, 0.1) is 6.10 Å². The minimum absolute atomic E-state index is 0.233. The van der Waals surface area contributed by atoms with Crippen LogP contribution in [0.15, 0.2) is 48.5 Å². The van der Waals surface area contributed by atoms with Gasteiger partial charge in [0, 0.05) is 0 Å². The molecule has 0 fully saturated rings. The van der Waals surface area contributed by atoms with E-state index in [4.69, 9.17) is 0 Å². The van der Waals surface area contributed by atoms with Crippen molar-refractivity contribution in [1.82, 2.24) is 0 Å².